The Labute approximate surface area is 230 Å². The first-order chi connectivity index (χ1) is 18.3. The Morgan fingerprint density at radius 3 is 2.67 bits per heavy atom. The largest absolute Gasteiger partial charge is 0.469 e. The van der Waals surface area contributed by atoms with Gasteiger partial charge in [-0.1, -0.05) is 11.6 Å². The second-order valence-corrected chi connectivity index (χ2v) is 13.2. The fraction of sp³-hybridized carbons (Fsp3) is 0.435. The van der Waals surface area contributed by atoms with Gasteiger partial charge in [0.25, 0.3) is 5.91 Å². The molecule has 39 heavy (non-hydrogen) atoms. The molecule has 13 nitrogen and oxygen atoms in total. The summed E-state index contributed by atoms with van der Waals surface area (Å²) in [6.45, 7) is 2.93. The molecule has 0 saturated carbocycles. The summed E-state index contributed by atoms with van der Waals surface area (Å²) in [5.74, 6) is 0.304. The number of carbonyl (C=O) groups excluding carboxylic acids is 1. The molecular weight excluding hydrogens is 571 g/mol. The number of likely N-dealkylation sites (tertiary alicyclic amines) is 1. The van der Waals surface area contributed by atoms with Gasteiger partial charge in [-0.25, -0.2) is 22.5 Å². The number of sulfonamides is 1. The summed E-state index contributed by atoms with van der Waals surface area (Å²) in [4.78, 5) is 40.1. The zero-order chi connectivity index (χ0) is 28.1. The van der Waals surface area contributed by atoms with E-state index in [2.05, 4.69) is 4.72 Å². The van der Waals surface area contributed by atoms with Crippen molar-refractivity contribution in [1.82, 2.24) is 19.5 Å². The number of fused-ring (bicyclic) bond motifs is 1. The third-order valence-electron chi connectivity index (χ3n) is 6.67. The lowest BCUT2D eigenvalue weighted by Crippen LogP contribution is -2.52. The Morgan fingerprint density at radius 2 is 1.97 bits per heavy atom. The quantitative estimate of drug-likeness (QED) is 0.344. The van der Waals surface area contributed by atoms with Gasteiger partial charge in [-0.3, -0.25) is 14.0 Å². The molecule has 2 fully saturated rings. The number of hydrogen-bond donors (Lipinski definition) is 3. The lowest BCUT2D eigenvalue weighted by Gasteiger charge is -2.40. The van der Waals surface area contributed by atoms with E-state index in [1.54, 1.807) is 9.42 Å². The van der Waals surface area contributed by atoms with Crippen LogP contribution >= 0.6 is 19.4 Å². The highest BCUT2D eigenvalue weighted by Gasteiger charge is 2.36. The molecule has 0 aliphatic carbocycles. The SMILES string of the molecule is Cc1cn2nc([C@@H]3CCCCN3C(=O)c3cc(Cl)ccc3NS(C)(=O)=O)cc2nc1N1CC(OP(=O)(O)O)C1. The number of aromatic nitrogens is 3. The van der Waals surface area contributed by atoms with Crippen molar-refractivity contribution in [2.75, 3.05) is 35.5 Å². The number of piperidine rings is 1. The highest BCUT2D eigenvalue weighted by atomic mass is 35.5. The summed E-state index contributed by atoms with van der Waals surface area (Å²) in [6, 6.07) is 5.91. The van der Waals surface area contributed by atoms with E-state index in [0.717, 1.165) is 24.7 Å². The number of nitrogens with zero attached hydrogens (tertiary/aromatic N) is 5. The standard InChI is InChI=1S/C23H28ClN6O7PS/c1-14-11-30-21(25-22(14)28-12-16(13-28)37-38(32,33)34)10-19(26-30)20-5-3-4-8-29(20)23(31)17-9-15(24)6-7-18(17)27-39(2,35)36/h6-7,9-11,16,20,27H,3-5,8,12-13H2,1-2H3,(H2,32,33,34)/t20-/m0/s1. The van der Waals surface area contributed by atoms with Crippen molar-refractivity contribution in [2.45, 2.75) is 38.3 Å². The van der Waals surface area contributed by atoms with Gasteiger partial charge in [-0.15, -0.1) is 0 Å². The van der Waals surface area contributed by atoms with Gasteiger partial charge in [0, 0.05) is 42.5 Å². The van der Waals surface area contributed by atoms with Crippen molar-refractivity contribution in [3.05, 3.63) is 52.3 Å². The van der Waals surface area contributed by atoms with Gasteiger partial charge in [0.1, 0.15) is 11.9 Å². The number of phosphoric acid groups is 1. The van der Waals surface area contributed by atoms with Gasteiger partial charge in [0.2, 0.25) is 10.0 Å². The molecule has 3 aromatic rings. The maximum Gasteiger partial charge on any atom is 0.469 e. The molecule has 3 N–H and O–H groups in total. The minimum absolute atomic E-state index is 0.156. The number of aryl methyl sites for hydroxylation is 1. The fourth-order valence-corrected chi connectivity index (χ4v) is 6.26. The molecule has 0 unspecified atom stereocenters. The molecular formula is C23H28ClN6O7PS. The lowest BCUT2D eigenvalue weighted by atomic mass is 9.98. The lowest BCUT2D eigenvalue weighted by molar-refractivity contribution is 0.0606. The minimum Gasteiger partial charge on any atom is -0.351 e. The molecule has 4 heterocycles. The van der Waals surface area contributed by atoms with E-state index in [9.17, 15) is 17.8 Å². The van der Waals surface area contributed by atoms with Crippen molar-refractivity contribution >= 4 is 52.5 Å². The summed E-state index contributed by atoms with van der Waals surface area (Å²) in [5, 5.41) is 5.02. The molecule has 2 aliphatic heterocycles. The van der Waals surface area contributed by atoms with Crippen molar-refractivity contribution in [3.8, 4) is 0 Å². The van der Waals surface area contributed by atoms with Crippen LogP contribution < -0.4 is 9.62 Å². The van der Waals surface area contributed by atoms with Crippen molar-refractivity contribution in [2.24, 2.45) is 0 Å². The molecule has 5 rings (SSSR count). The number of carbonyl (C=O) groups is 1. The van der Waals surface area contributed by atoms with Crippen molar-refractivity contribution in [1.29, 1.82) is 0 Å². The van der Waals surface area contributed by atoms with Crippen LogP contribution in [0.4, 0.5) is 11.5 Å². The van der Waals surface area contributed by atoms with Gasteiger partial charge in [0.15, 0.2) is 5.65 Å². The van der Waals surface area contributed by atoms with Crippen molar-refractivity contribution in [3.63, 3.8) is 0 Å². The Bertz CT molecular complexity index is 1590. The van der Waals surface area contributed by atoms with Crippen LogP contribution in [0.2, 0.25) is 5.02 Å². The molecule has 0 radical (unpaired) electrons. The molecule has 0 bridgehead atoms. The second-order valence-electron chi connectivity index (χ2n) is 9.82. The Kier molecular flexibility index (Phi) is 7.38. The van der Waals surface area contributed by atoms with Crippen LogP contribution in [0.25, 0.3) is 5.65 Å². The van der Waals surface area contributed by atoms with Crippen LogP contribution in [0, 0.1) is 6.92 Å². The Hall–Kier alpha value is -2.74. The number of benzene rings is 1. The van der Waals surface area contributed by atoms with E-state index in [0.29, 0.717) is 48.2 Å². The third-order valence-corrected chi connectivity index (χ3v) is 8.07. The molecule has 1 amide bonds. The van der Waals surface area contributed by atoms with Crippen LogP contribution in [-0.4, -0.2) is 75.6 Å². The van der Waals surface area contributed by atoms with E-state index in [1.165, 1.54) is 18.2 Å². The summed E-state index contributed by atoms with van der Waals surface area (Å²) >= 11 is 6.17. The third kappa shape index (κ3) is 6.21. The van der Waals surface area contributed by atoms with E-state index < -0.39 is 23.9 Å². The second kappa shape index (κ2) is 10.3. The Morgan fingerprint density at radius 1 is 1.23 bits per heavy atom. The average Bonchev–Trinajstić information content (AvgIpc) is 3.22. The molecule has 2 aromatic heterocycles. The normalized spacial score (nSPS) is 18.8. The van der Waals surface area contributed by atoms with Crippen LogP contribution in [0.3, 0.4) is 0 Å². The van der Waals surface area contributed by atoms with E-state index in [-0.39, 0.29) is 23.2 Å². The number of amides is 1. The number of halogens is 1. The van der Waals surface area contributed by atoms with Gasteiger partial charge in [-0.05, 0) is 44.4 Å². The molecule has 2 saturated heterocycles. The van der Waals surface area contributed by atoms with Crippen LogP contribution in [-0.2, 0) is 19.1 Å². The number of hydrogen-bond acceptors (Lipinski definition) is 8. The first-order valence-electron chi connectivity index (χ1n) is 12.2. The molecule has 1 aromatic carbocycles. The highest BCUT2D eigenvalue weighted by molar-refractivity contribution is 7.92. The fourth-order valence-electron chi connectivity index (χ4n) is 4.99. The van der Waals surface area contributed by atoms with E-state index >= 15 is 0 Å². The Balaban J connectivity index is 1.42. The van der Waals surface area contributed by atoms with Gasteiger partial charge < -0.3 is 19.6 Å². The average molecular weight is 599 g/mol. The summed E-state index contributed by atoms with van der Waals surface area (Å²) in [5.41, 5.74) is 2.34. The number of anilines is 2. The number of rotatable bonds is 7. The van der Waals surface area contributed by atoms with E-state index in [4.69, 9.17) is 36.0 Å². The number of nitrogens with one attached hydrogen (secondary N) is 1. The minimum atomic E-state index is -4.56. The first kappa shape index (κ1) is 27.8. The molecule has 16 heteroatoms. The predicted octanol–water partition coefficient (Wildman–Crippen LogP) is 2.73. The van der Waals surface area contributed by atoms with Gasteiger partial charge in [0.05, 0.1) is 29.2 Å². The van der Waals surface area contributed by atoms with Crippen molar-refractivity contribution < 1.29 is 32.1 Å². The smallest absolute Gasteiger partial charge is 0.351 e. The van der Waals surface area contributed by atoms with Gasteiger partial charge >= 0.3 is 7.82 Å². The number of phosphoric ester groups is 1. The highest BCUT2D eigenvalue weighted by Crippen LogP contribution is 2.40. The maximum absolute atomic E-state index is 13.7. The van der Waals surface area contributed by atoms with Crippen LogP contribution in [0.1, 0.15) is 46.9 Å². The summed E-state index contributed by atoms with van der Waals surface area (Å²) in [7, 11) is -8.18. The summed E-state index contributed by atoms with van der Waals surface area (Å²) < 4.78 is 43.7. The summed E-state index contributed by atoms with van der Waals surface area (Å²) in [6.07, 6.45) is 4.60. The molecule has 210 valence electrons. The predicted molar refractivity (Wildman–Crippen MR) is 144 cm³/mol. The monoisotopic (exact) mass is 598 g/mol. The molecule has 0 spiro atoms. The van der Waals surface area contributed by atoms with E-state index in [1.807, 2.05) is 24.1 Å². The zero-order valence-corrected chi connectivity index (χ0v) is 23.7. The van der Waals surface area contributed by atoms with Crippen LogP contribution in [0.5, 0.6) is 0 Å². The first-order valence-corrected chi connectivity index (χ1v) is 16.0. The topological polar surface area (TPSA) is 167 Å². The maximum atomic E-state index is 13.7. The zero-order valence-electron chi connectivity index (χ0n) is 21.2. The molecule has 1 atom stereocenters. The molecule has 2 aliphatic rings. The van der Waals surface area contributed by atoms with Crippen LogP contribution in [0.15, 0.2) is 30.5 Å². The van der Waals surface area contributed by atoms with Gasteiger partial charge in [-0.2, -0.15) is 5.10 Å².